The Morgan fingerprint density at radius 2 is 2.05 bits per heavy atom. The molecule has 1 saturated heterocycles. The molecule has 0 radical (unpaired) electrons. The van der Waals surface area contributed by atoms with Crippen molar-refractivity contribution in [1.29, 1.82) is 0 Å². The van der Waals surface area contributed by atoms with Crippen molar-refractivity contribution >= 4 is 23.6 Å². The molecule has 1 heterocycles. The number of nitrogens with one attached hydrogen (secondary N) is 1. The number of carbonyl (C=O) groups is 2. The highest BCUT2D eigenvalue weighted by molar-refractivity contribution is 7.99. The van der Waals surface area contributed by atoms with Crippen molar-refractivity contribution in [3.63, 3.8) is 0 Å². The van der Waals surface area contributed by atoms with Gasteiger partial charge in [0.05, 0.1) is 0 Å². The van der Waals surface area contributed by atoms with Gasteiger partial charge in [0.15, 0.2) is 0 Å². The second-order valence-corrected chi connectivity index (χ2v) is 6.82. The van der Waals surface area contributed by atoms with Crippen LogP contribution in [0.15, 0.2) is 0 Å². The lowest BCUT2D eigenvalue weighted by atomic mass is 10.0. The number of carbonyl (C=O) groups excluding carboxylic acids is 2. The van der Waals surface area contributed by atoms with Crippen LogP contribution in [0, 0.1) is 5.92 Å². The Kier molecular flexibility index (Phi) is 4.76. The molecule has 19 heavy (non-hydrogen) atoms. The van der Waals surface area contributed by atoms with Crippen molar-refractivity contribution in [2.75, 3.05) is 11.5 Å². The Morgan fingerprint density at radius 3 is 2.58 bits per heavy atom. The van der Waals surface area contributed by atoms with Gasteiger partial charge in [-0.2, -0.15) is 11.8 Å². The van der Waals surface area contributed by atoms with Gasteiger partial charge in [0.1, 0.15) is 12.1 Å². The summed E-state index contributed by atoms with van der Waals surface area (Å²) in [6, 6.07) is -0.408. The maximum absolute atomic E-state index is 12.6. The summed E-state index contributed by atoms with van der Waals surface area (Å²) in [7, 11) is 0. The molecule has 1 aliphatic heterocycles. The summed E-state index contributed by atoms with van der Waals surface area (Å²) in [4.78, 5) is 26.7. The highest BCUT2D eigenvalue weighted by Gasteiger charge is 2.47. The van der Waals surface area contributed by atoms with Crippen LogP contribution in [0.4, 0.5) is 0 Å². The highest BCUT2D eigenvalue weighted by atomic mass is 32.2. The van der Waals surface area contributed by atoms with Crippen LogP contribution in [0.5, 0.6) is 0 Å². The molecule has 1 N–H and O–H groups in total. The average molecular weight is 284 g/mol. The van der Waals surface area contributed by atoms with Gasteiger partial charge in [0.2, 0.25) is 11.8 Å². The SMILES string of the molecule is CCSCC(C)N1C(=O)C(C2CC2)NC(=O)C1CC. The number of piperazine rings is 1. The van der Waals surface area contributed by atoms with E-state index in [1.165, 1.54) is 0 Å². The maximum Gasteiger partial charge on any atom is 0.246 e. The maximum atomic E-state index is 12.6. The first-order valence-corrected chi connectivity index (χ1v) is 8.45. The number of hydrogen-bond donors (Lipinski definition) is 1. The molecule has 108 valence electrons. The fourth-order valence-electron chi connectivity index (χ4n) is 2.78. The van der Waals surface area contributed by atoms with Crippen molar-refractivity contribution in [2.24, 2.45) is 5.92 Å². The summed E-state index contributed by atoms with van der Waals surface area (Å²) in [5.74, 6) is 2.50. The number of rotatable bonds is 6. The zero-order valence-electron chi connectivity index (χ0n) is 12.0. The van der Waals surface area contributed by atoms with Crippen LogP contribution in [0.3, 0.4) is 0 Å². The minimum absolute atomic E-state index is 0.0346. The van der Waals surface area contributed by atoms with Gasteiger partial charge in [0.25, 0.3) is 0 Å². The lowest BCUT2D eigenvalue weighted by Crippen LogP contribution is -2.66. The van der Waals surface area contributed by atoms with Gasteiger partial charge in [0, 0.05) is 11.8 Å². The van der Waals surface area contributed by atoms with Crippen LogP contribution in [0.1, 0.15) is 40.0 Å². The van der Waals surface area contributed by atoms with Gasteiger partial charge in [-0.1, -0.05) is 13.8 Å². The average Bonchev–Trinajstić information content (AvgIpc) is 3.21. The van der Waals surface area contributed by atoms with Crippen LogP contribution in [-0.2, 0) is 9.59 Å². The van der Waals surface area contributed by atoms with E-state index in [0.717, 1.165) is 24.3 Å². The Bertz CT molecular complexity index is 357. The standard InChI is InChI=1S/C14H24N2O2S/c1-4-11-13(17)15-12(10-6-7-10)14(18)16(11)9(3)8-19-5-2/h9-12H,4-8H2,1-3H3,(H,15,17). The van der Waals surface area contributed by atoms with E-state index in [0.29, 0.717) is 12.3 Å². The van der Waals surface area contributed by atoms with Gasteiger partial charge in [-0.25, -0.2) is 0 Å². The third-order valence-electron chi connectivity index (χ3n) is 3.97. The van der Waals surface area contributed by atoms with Gasteiger partial charge in [-0.3, -0.25) is 9.59 Å². The molecule has 0 aromatic heterocycles. The zero-order valence-corrected chi connectivity index (χ0v) is 12.8. The molecular weight excluding hydrogens is 260 g/mol. The van der Waals surface area contributed by atoms with Crippen molar-refractivity contribution in [3.8, 4) is 0 Å². The Morgan fingerprint density at radius 1 is 1.37 bits per heavy atom. The third kappa shape index (κ3) is 3.07. The number of amides is 2. The molecule has 1 saturated carbocycles. The minimum Gasteiger partial charge on any atom is -0.342 e. The fraction of sp³-hybridized carbons (Fsp3) is 0.857. The van der Waals surface area contributed by atoms with Gasteiger partial charge in [-0.15, -0.1) is 0 Å². The third-order valence-corrected chi connectivity index (χ3v) is 5.10. The quantitative estimate of drug-likeness (QED) is 0.807. The van der Waals surface area contributed by atoms with Crippen molar-refractivity contribution < 1.29 is 9.59 Å². The number of thioether (sulfide) groups is 1. The molecule has 0 bridgehead atoms. The normalized spacial score (nSPS) is 29.3. The molecule has 3 atom stereocenters. The van der Waals surface area contributed by atoms with E-state index in [1.54, 1.807) is 0 Å². The Balaban J connectivity index is 2.13. The van der Waals surface area contributed by atoms with E-state index < -0.39 is 0 Å². The lowest BCUT2D eigenvalue weighted by molar-refractivity contribution is -0.152. The smallest absolute Gasteiger partial charge is 0.246 e. The number of nitrogens with zero attached hydrogens (tertiary/aromatic N) is 1. The Hall–Kier alpha value is -0.710. The second kappa shape index (κ2) is 6.16. The first-order valence-electron chi connectivity index (χ1n) is 7.30. The van der Waals surface area contributed by atoms with E-state index >= 15 is 0 Å². The van der Waals surface area contributed by atoms with E-state index in [4.69, 9.17) is 0 Å². The molecule has 5 heteroatoms. The van der Waals surface area contributed by atoms with Crippen LogP contribution in [0.25, 0.3) is 0 Å². The summed E-state index contributed by atoms with van der Waals surface area (Å²) in [6.07, 6.45) is 2.83. The van der Waals surface area contributed by atoms with Crippen LogP contribution in [0.2, 0.25) is 0 Å². The van der Waals surface area contributed by atoms with Crippen LogP contribution in [-0.4, -0.2) is 46.3 Å². The summed E-state index contributed by atoms with van der Waals surface area (Å²) in [5, 5.41) is 2.93. The largest absolute Gasteiger partial charge is 0.342 e. The summed E-state index contributed by atoms with van der Waals surface area (Å²) < 4.78 is 0. The van der Waals surface area contributed by atoms with E-state index in [9.17, 15) is 9.59 Å². The molecule has 0 spiro atoms. The molecule has 2 amide bonds. The predicted octanol–water partition coefficient (Wildman–Crippen LogP) is 1.64. The topological polar surface area (TPSA) is 49.4 Å². The molecule has 3 unspecified atom stereocenters. The molecule has 0 aromatic carbocycles. The monoisotopic (exact) mass is 284 g/mol. The molecular formula is C14H24N2O2S. The zero-order chi connectivity index (χ0) is 14.0. The first kappa shape index (κ1) is 14.7. The molecule has 2 aliphatic rings. The Labute approximate surface area is 119 Å². The highest BCUT2D eigenvalue weighted by Crippen LogP contribution is 2.35. The lowest BCUT2D eigenvalue weighted by Gasteiger charge is -2.42. The summed E-state index contributed by atoms with van der Waals surface area (Å²) in [5.41, 5.74) is 0. The van der Waals surface area contributed by atoms with Gasteiger partial charge in [-0.05, 0) is 37.9 Å². The van der Waals surface area contributed by atoms with Crippen LogP contribution >= 0.6 is 11.8 Å². The van der Waals surface area contributed by atoms with Crippen molar-refractivity contribution in [1.82, 2.24) is 10.2 Å². The van der Waals surface area contributed by atoms with E-state index in [1.807, 2.05) is 23.6 Å². The molecule has 2 rings (SSSR count). The summed E-state index contributed by atoms with van der Waals surface area (Å²) in [6.45, 7) is 6.15. The van der Waals surface area contributed by atoms with E-state index in [2.05, 4.69) is 19.2 Å². The molecule has 4 nitrogen and oxygen atoms in total. The fourth-order valence-corrected chi connectivity index (χ4v) is 3.51. The molecule has 0 aromatic rings. The van der Waals surface area contributed by atoms with Gasteiger partial charge >= 0.3 is 0 Å². The second-order valence-electron chi connectivity index (χ2n) is 5.50. The first-order chi connectivity index (χ1) is 9.10. The molecule has 2 fully saturated rings. The van der Waals surface area contributed by atoms with E-state index in [-0.39, 0.29) is 29.9 Å². The predicted molar refractivity (Wildman–Crippen MR) is 78.0 cm³/mol. The molecule has 1 aliphatic carbocycles. The van der Waals surface area contributed by atoms with Gasteiger partial charge < -0.3 is 10.2 Å². The van der Waals surface area contributed by atoms with Crippen molar-refractivity contribution in [2.45, 2.75) is 58.2 Å². The minimum atomic E-state index is -0.282. The number of hydrogen-bond acceptors (Lipinski definition) is 3. The van der Waals surface area contributed by atoms with Crippen molar-refractivity contribution in [3.05, 3.63) is 0 Å². The summed E-state index contributed by atoms with van der Waals surface area (Å²) >= 11 is 1.83. The van der Waals surface area contributed by atoms with Crippen LogP contribution < -0.4 is 5.32 Å².